The van der Waals surface area contributed by atoms with Crippen LogP contribution in [-0.4, -0.2) is 29.0 Å². The lowest BCUT2D eigenvalue weighted by molar-refractivity contribution is -0.140. The Morgan fingerprint density at radius 3 is 2.48 bits per heavy atom. The van der Waals surface area contributed by atoms with E-state index in [-0.39, 0.29) is 23.8 Å². The number of carbonyl (C=O) groups excluding carboxylic acids is 1. The normalized spacial score (nSPS) is 17.0. The molecule has 8 heteroatoms. The molecule has 2 heterocycles. The predicted octanol–water partition coefficient (Wildman–Crippen LogP) is 5.07. The van der Waals surface area contributed by atoms with Gasteiger partial charge in [-0.2, -0.15) is 13.2 Å². The Bertz CT molecular complexity index is 1100. The molecule has 2 aromatic carbocycles. The summed E-state index contributed by atoms with van der Waals surface area (Å²) in [6, 6.07) is 14.0. The molecular formula is C23H23F3N4O. The fourth-order valence-electron chi connectivity index (χ4n) is 3.97. The Labute approximate surface area is 178 Å². The maximum absolute atomic E-state index is 13.7. The van der Waals surface area contributed by atoms with E-state index in [1.165, 1.54) is 6.07 Å². The molecule has 0 unspecified atom stereocenters. The van der Waals surface area contributed by atoms with Crippen LogP contribution in [0.2, 0.25) is 0 Å². The maximum Gasteiger partial charge on any atom is 0.437 e. The molecule has 1 aromatic heterocycles. The highest BCUT2D eigenvalue weighted by molar-refractivity contribution is 5.93. The summed E-state index contributed by atoms with van der Waals surface area (Å²) in [6.07, 6.45) is -2.66. The number of carbonyl (C=O) groups is 1. The number of halogens is 3. The van der Waals surface area contributed by atoms with E-state index in [0.29, 0.717) is 24.9 Å². The van der Waals surface area contributed by atoms with Crippen molar-refractivity contribution < 1.29 is 18.0 Å². The molecule has 0 spiro atoms. The quantitative estimate of drug-likeness (QED) is 0.631. The fraction of sp³-hybridized carbons (Fsp3) is 0.348. The standard InChI is InChI=1S/C23H23F3N4O/c1-2-15-8-3-4-10-17(15)29-22(31)16-9-7-13-30(14-16)21-20(23(24,25)26)27-18-11-5-6-12-19(18)28-21/h3-6,8,10-12,16H,2,7,9,13-14H2,1H3,(H,29,31)/t16-/m0/s1. The molecule has 0 bridgehead atoms. The van der Waals surface area contributed by atoms with Gasteiger partial charge in [-0.1, -0.05) is 37.3 Å². The number of rotatable bonds is 4. The molecule has 1 aliphatic rings. The average Bonchev–Trinajstić information content (AvgIpc) is 2.78. The van der Waals surface area contributed by atoms with Crippen LogP contribution in [0.5, 0.6) is 0 Å². The zero-order valence-corrected chi connectivity index (χ0v) is 17.1. The van der Waals surface area contributed by atoms with Gasteiger partial charge in [0.25, 0.3) is 0 Å². The molecule has 1 amide bonds. The van der Waals surface area contributed by atoms with E-state index in [0.717, 1.165) is 17.7 Å². The number of aromatic nitrogens is 2. The number of amides is 1. The van der Waals surface area contributed by atoms with Crippen LogP contribution >= 0.6 is 0 Å². The molecular weight excluding hydrogens is 405 g/mol. The first kappa shape index (κ1) is 21.1. The smallest absolute Gasteiger partial charge is 0.354 e. The number of para-hydroxylation sites is 3. The zero-order chi connectivity index (χ0) is 22.0. The highest BCUT2D eigenvalue weighted by atomic mass is 19.4. The van der Waals surface area contributed by atoms with Crippen LogP contribution in [0.25, 0.3) is 11.0 Å². The second-order valence-corrected chi connectivity index (χ2v) is 7.67. The minimum absolute atomic E-state index is 0.163. The number of nitrogens with zero attached hydrogens (tertiary/aromatic N) is 3. The van der Waals surface area contributed by atoms with Gasteiger partial charge >= 0.3 is 6.18 Å². The molecule has 162 valence electrons. The first-order valence-corrected chi connectivity index (χ1v) is 10.3. The second kappa shape index (κ2) is 8.53. The van der Waals surface area contributed by atoms with Crippen molar-refractivity contribution in [1.29, 1.82) is 0 Å². The molecule has 1 atom stereocenters. The molecule has 0 saturated carbocycles. The number of nitrogens with one attached hydrogen (secondary N) is 1. The van der Waals surface area contributed by atoms with Gasteiger partial charge in [-0.3, -0.25) is 4.79 Å². The van der Waals surface area contributed by atoms with Gasteiger partial charge in [0.2, 0.25) is 5.91 Å². The van der Waals surface area contributed by atoms with Gasteiger partial charge in [-0.05, 0) is 43.0 Å². The largest absolute Gasteiger partial charge is 0.437 e. The van der Waals surface area contributed by atoms with Gasteiger partial charge in [-0.25, -0.2) is 9.97 Å². The van der Waals surface area contributed by atoms with E-state index in [1.54, 1.807) is 23.1 Å². The summed E-state index contributed by atoms with van der Waals surface area (Å²) < 4.78 is 41.2. The highest BCUT2D eigenvalue weighted by Crippen LogP contribution is 2.36. The van der Waals surface area contributed by atoms with Crippen molar-refractivity contribution in [2.75, 3.05) is 23.3 Å². The minimum Gasteiger partial charge on any atom is -0.354 e. The summed E-state index contributed by atoms with van der Waals surface area (Å²) in [7, 11) is 0. The SMILES string of the molecule is CCc1ccccc1NC(=O)[C@H]1CCCN(c2nc3ccccc3nc2C(F)(F)F)C1. The van der Waals surface area contributed by atoms with Gasteiger partial charge in [0.15, 0.2) is 11.5 Å². The van der Waals surface area contributed by atoms with Crippen LogP contribution in [0.4, 0.5) is 24.7 Å². The van der Waals surface area contributed by atoms with Crippen LogP contribution in [0.1, 0.15) is 31.0 Å². The van der Waals surface area contributed by atoms with E-state index in [9.17, 15) is 18.0 Å². The number of hydrogen-bond acceptors (Lipinski definition) is 4. The molecule has 5 nitrogen and oxygen atoms in total. The van der Waals surface area contributed by atoms with Crippen molar-refractivity contribution in [3.05, 3.63) is 59.8 Å². The van der Waals surface area contributed by atoms with Gasteiger partial charge < -0.3 is 10.2 Å². The van der Waals surface area contributed by atoms with E-state index >= 15 is 0 Å². The summed E-state index contributed by atoms with van der Waals surface area (Å²) in [5.74, 6) is -0.835. The third kappa shape index (κ3) is 4.47. The van der Waals surface area contributed by atoms with Gasteiger partial charge in [-0.15, -0.1) is 0 Å². The lowest BCUT2D eigenvalue weighted by atomic mass is 9.96. The zero-order valence-electron chi connectivity index (χ0n) is 17.1. The molecule has 1 fully saturated rings. The first-order chi connectivity index (χ1) is 14.9. The second-order valence-electron chi connectivity index (χ2n) is 7.67. The van der Waals surface area contributed by atoms with Crippen LogP contribution in [0, 0.1) is 5.92 Å². The number of anilines is 2. The third-order valence-electron chi connectivity index (χ3n) is 5.57. The Morgan fingerprint density at radius 1 is 1.10 bits per heavy atom. The molecule has 1 saturated heterocycles. The fourth-order valence-corrected chi connectivity index (χ4v) is 3.97. The molecule has 4 rings (SSSR count). The van der Waals surface area contributed by atoms with E-state index in [4.69, 9.17) is 0 Å². The van der Waals surface area contributed by atoms with E-state index in [1.807, 2.05) is 31.2 Å². The Hall–Kier alpha value is -3.16. The predicted molar refractivity (Wildman–Crippen MR) is 114 cm³/mol. The monoisotopic (exact) mass is 428 g/mol. The number of aryl methyl sites for hydroxylation is 1. The van der Waals surface area contributed by atoms with Crippen molar-refractivity contribution in [3.8, 4) is 0 Å². The van der Waals surface area contributed by atoms with Crippen LogP contribution in [-0.2, 0) is 17.4 Å². The third-order valence-corrected chi connectivity index (χ3v) is 5.57. The van der Waals surface area contributed by atoms with E-state index in [2.05, 4.69) is 15.3 Å². The summed E-state index contributed by atoms with van der Waals surface area (Å²) >= 11 is 0. The number of hydrogen-bond donors (Lipinski definition) is 1. The van der Waals surface area contributed by atoms with Crippen LogP contribution < -0.4 is 10.2 Å². The highest BCUT2D eigenvalue weighted by Gasteiger charge is 2.40. The molecule has 0 radical (unpaired) electrons. The van der Waals surface area contributed by atoms with Gasteiger partial charge in [0.05, 0.1) is 17.0 Å². The van der Waals surface area contributed by atoms with Crippen molar-refractivity contribution in [3.63, 3.8) is 0 Å². The Morgan fingerprint density at radius 2 is 1.77 bits per heavy atom. The first-order valence-electron chi connectivity index (χ1n) is 10.3. The molecule has 31 heavy (non-hydrogen) atoms. The van der Waals surface area contributed by atoms with Gasteiger partial charge in [0, 0.05) is 18.8 Å². The molecule has 1 N–H and O–H groups in total. The summed E-state index contributed by atoms with van der Waals surface area (Å²) in [6.45, 7) is 2.56. The minimum atomic E-state index is -4.64. The maximum atomic E-state index is 13.7. The lowest BCUT2D eigenvalue weighted by Crippen LogP contribution is -2.42. The molecule has 1 aliphatic heterocycles. The van der Waals surface area contributed by atoms with Gasteiger partial charge in [0.1, 0.15) is 0 Å². The van der Waals surface area contributed by atoms with Crippen LogP contribution in [0.3, 0.4) is 0 Å². The average molecular weight is 428 g/mol. The number of piperidine rings is 1. The number of alkyl halides is 3. The van der Waals surface area contributed by atoms with Crippen LogP contribution in [0.15, 0.2) is 48.5 Å². The summed E-state index contributed by atoms with van der Waals surface area (Å²) in [4.78, 5) is 22.6. The summed E-state index contributed by atoms with van der Waals surface area (Å²) in [5, 5.41) is 2.95. The van der Waals surface area contributed by atoms with Crippen molar-refractivity contribution >= 4 is 28.4 Å². The van der Waals surface area contributed by atoms with Crippen molar-refractivity contribution in [2.45, 2.75) is 32.4 Å². The van der Waals surface area contributed by atoms with Crippen molar-refractivity contribution in [1.82, 2.24) is 9.97 Å². The van der Waals surface area contributed by atoms with E-state index < -0.39 is 17.8 Å². The number of fused-ring (bicyclic) bond motifs is 1. The lowest BCUT2D eigenvalue weighted by Gasteiger charge is -2.34. The molecule has 3 aromatic rings. The van der Waals surface area contributed by atoms with Crippen molar-refractivity contribution in [2.24, 2.45) is 5.92 Å². The number of benzene rings is 2. The Kier molecular flexibility index (Phi) is 5.80. The topological polar surface area (TPSA) is 58.1 Å². The molecule has 0 aliphatic carbocycles. The Balaban J connectivity index is 1.61. The summed E-state index contributed by atoms with van der Waals surface area (Å²) in [5.41, 5.74) is 1.34.